The number of likely N-dealkylation sites (tertiary alicyclic amines) is 1. The van der Waals surface area contributed by atoms with Crippen molar-refractivity contribution in [2.75, 3.05) is 19.6 Å². The highest BCUT2D eigenvalue weighted by Crippen LogP contribution is 2.29. The van der Waals surface area contributed by atoms with Gasteiger partial charge in [0.25, 0.3) is 0 Å². The van der Waals surface area contributed by atoms with Crippen molar-refractivity contribution in [2.24, 2.45) is 11.1 Å². The van der Waals surface area contributed by atoms with Crippen LogP contribution in [0.3, 0.4) is 0 Å². The molecular weight excluding hydrogens is 264 g/mol. The van der Waals surface area contributed by atoms with Crippen LogP contribution in [0.4, 0.5) is 0 Å². The van der Waals surface area contributed by atoms with Gasteiger partial charge in [-0.2, -0.15) is 4.98 Å². The average molecular weight is 286 g/mol. The monoisotopic (exact) mass is 286 g/mol. The summed E-state index contributed by atoms with van der Waals surface area (Å²) in [5.41, 5.74) is 8.25. The third kappa shape index (κ3) is 3.14. The lowest BCUT2D eigenvalue weighted by Crippen LogP contribution is -2.31. The molecule has 1 aromatic heterocycles. The molecule has 1 unspecified atom stereocenters. The molecule has 3 rings (SSSR count). The summed E-state index contributed by atoms with van der Waals surface area (Å²) in [6.07, 6.45) is 1.13. The molecule has 2 heterocycles. The average Bonchev–Trinajstić information content (AvgIpc) is 3.07. The summed E-state index contributed by atoms with van der Waals surface area (Å²) in [6.45, 7) is 7.75. The number of aromatic nitrogens is 2. The van der Waals surface area contributed by atoms with Crippen LogP contribution in [-0.2, 0) is 6.54 Å². The number of nitrogens with two attached hydrogens (primary N) is 1. The zero-order valence-corrected chi connectivity index (χ0v) is 12.7. The van der Waals surface area contributed by atoms with E-state index in [9.17, 15) is 0 Å². The summed E-state index contributed by atoms with van der Waals surface area (Å²) in [7, 11) is 0. The molecule has 1 aliphatic rings. The van der Waals surface area contributed by atoms with E-state index in [1.807, 2.05) is 12.1 Å². The van der Waals surface area contributed by atoms with Crippen molar-refractivity contribution in [1.82, 2.24) is 15.0 Å². The van der Waals surface area contributed by atoms with Gasteiger partial charge >= 0.3 is 0 Å². The quantitative estimate of drug-likeness (QED) is 0.933. The molecule has 0 aliphatic carbocycles. The minimum atomic E-state index is 0.222. The highest BCUT2D eigenvalue weighted by Gasteiger charge is 2.33. The summed E-state index contributed by atoms with van der Waals surface area (Å²) >= 11 is 0. The first-order valence-corrected chi connectivity index (χ1v) is 7.40. The second kappa shape index (κ2) is 5.58. The summed E-state index contributed by atoms with van der Waals surface area (Å²) in [4.78, 5) is 6.84. The SMILES string of the molecule is Cc1cccc(-c2noc(CN3CCC(C)(CN)C3)n2)c1. The molecule has 5 nitrogen and oxygen atoms in total. The van der Waals surface area contributed by atoms with Crippen LogP contribution in [0.5, 0.6) is 0 Å². The maximum absolute atomic E-state index is 5.84. The number of rotatable bonds is 4. The molecule has 5 heteroatoms. The maximum Gasteiger partial charge on any atom is 0.241 e. The Kier molecular flexibility index (Phi) is 3.78. The minimum Gasteiger partial charge on any atom is -0.338 e. The zero-order chi connectivity index (χ0) is 14.9. The summed E-state index contributed by atoms with van der Waals surface area (Å²) < 4.78 is 5.39. The van der Waals surface area contributed by atoms with E-state index in [0.717, 1.165) is 31.6 Å². The van der Waals surface area contributed by atoms with Crippen LogP contribution in [0.15, 0.2) is 28.8 Å². The molecule has 21 heavy (non-hydrogen) atoms. The maximum atomic E-state index is 5.84. The second-order valence-electron chi connectivity index (χ2n) is 6.36. The second-order valence-corrected chi connectivity index (χ2v) is 6.36. The molecule has 2 aromatic rings. The van der Waals surface area contributed by atoms with Crippen molar-refractivity contribution in [1.29, 1.82) is 0 Å². The predicted molar refractivity (Wildman–Crippen MR) is 81.5 cm³/mol. The van der Waals surface area contributed by atoms with Crippen molar-refractivity contribution in [3.05, 3.63) is 35.7 Å². The van der Waals surface area contributed by atoms with E-state index in [1.165, 1.54) is 5.56 Å². The first-order valence-electron chi connectivity index (χ1n) is 7.40. The first-order chi connectivity index (χ1) is 10.1. The van der Waals surface area contributed by atoms with Gasteiger partial charge in [-0.25, -0.2) is 0 Å². The van der Waals surface area contributed by atoms with E-state index in [0.29, 0.717) is 18.3 Å². The van der Waals surface area contributed by atoms with Gasteiger partial charge in [0.1, 0.15) is 0 Å². The van der Waals surface area contributed by atoms with Crippen molar-refractivity contribution in [3.8, 4) is 11.4 Å². The van der Waals surface area contributed by atoms with E-state index in [-0.39, 0.29) is 5.41 Å². The lowest BCUT2D eigenvalue weighted by molar-refractivity contribution is 0.239. The van der Waals surface area contributed by atoms with Crippen LogP contribution in [0.1, 0.15) is 24.8 Å². The van der Waals surface area contributed by atoms with Gasteiger partial charge in [0.2, 0.25) is 11.7 Å². The van der Waals surface area contributed by atoms with Crippen molar-refractivity contribution in [3.63, 3.8) is 0 Å². The Bertz CT molecular complexity index is 624. The molecule has 0 bridgehead atoms. The molecule has 0 radical (unpaired) electrons. The number of aryl methyl sites for hydroxylation is 1. The third-order valence-corrected chi connectivity index (χ3v) is 4.23. The number of hydrogen-bond donors (Lipinski definition) is 1. The van der Waals surface area contributed by atoms with Gasteiger partial charge in [0.05, 0.1) is 6.54 Å². The van der Waals surface area contributed by atoms with Gasteiger partial charge in [0, 0.05) is 12.1 Å². The van der Waals surface area contributed by atoms with E-state index < -0.39 is 0 Å². The fourth-order valence-corrected chi connectivity index (χ4v) is 2.84. The molecule has 1 aromatic carbocycles. The fourth-order valence-electron chi connectivity index (χ4n) is 2.84. The summed E-state index contributed by atoms with van der Waals surface area (Å²) in [5.74, 6) is 1.34. The smallest absolute Gasteiger partial charge is 0.241 e. The highest BCUT2D eigenvalue weighted by molar-refractivity contribution is 5.55. The lowest BCUT2D eigenvalue weighted by Gasteiger charge is -2.21. The number of hydrogen-bond acceptors (Lipinski definition) is 5. The van der Waals surface area contributed by atoms with Crippen molar-refractivity contribution < 1.29 is 4.52 Å². The molecule has 1 atom stereocenters. The largest absolute Gasteiger partial charge is 0.338 e. The van der Waals surface area contributed by atoms with E-state index >= 15 is 0 Å². The molecule has 2 N–H and O–H groups in total. The number of nitrogens with zero attached hydrogens (tertiary/aromatic N) is 3. The molecule has 1 aliphatic heterocycles. The number of benzene rings is 1. The van der Waals surface area contributed by atoms with Gasteiger partial charge in [-0.3, -0.25) is 4.90 Å². The first kappa shape index (κ1) is 14.2. The Morgan fingerprint density at radius 1 is 1.43 bits per heavy atom. The van der Waals surface area contributed by atoms with E-state index in [1.54, 1.807) is 0 Å². The Morgan fingerprint density at radius 2 is 2.29 bits per heavy atom. The normalized spacial score (nSPS) is 22.8. The third-order valence-electron chi connectivity index (χ3n) is 4.23. The van der Waals surface area contributed by atoms with Crippen LogP contribution < -0.4 is 5.73 Å². The molecule has 112 valence electrons. The molecule has 0 saturated carbocycles. The van der Waals surface area contributed by atoms with Gasteiger partial charge in [-0.05, 0) is 37.9 Å². The Morgan fingerprint density at radius 3 is 3.00 bits per heavy atom. The zero-order valence-electron chi connectivity index (χ0n) is 12.7. The van der Waals surface area contributed by atoms with Crippen molar-refractivity contribution in [2.45, 2.75) is 26.8 Å². The molecule has 1 fully saturated rings. The van der Waals surface area contributed by atoms with Gasteiger partial charge in [-0.1, -0.05) is 35.8 Å². The molecular formula is C16H22N4O. The standard InChI is InChI=1S/C16H22N4O/c1-12-4-3-5-13(8-12)15-18-14(21-19-15)9-20-7-6-16(2,10-17)11-20/h3-5,8H,6-7,9-11,17H2,1-2H3. The van der Waals surface area contributed by atoms with Crippen molar-refractivity contribution >= 4 is 0 Å². The van der Waals surface area contributed by atoms with Gasteiger partial charge in [0.15, 0.2) is 0 Å². The van der Waals surface area contributed by atoms with Crippen LogP contribution in [-0.4, -0.2) is 34.7 Å². The highest BCUT2D eigenvalue weighted by atomic mass is 16.5. The van der Waals surface area contributed by atoms with Gasteiger partial charge in [-0.15, -0.1) is 0 Å². The summed E-state index contributed by atoms with van der Waals surface area (Å²) in [6, 6.07) is 8.13. The van der Waals surface area contributed by atoms with Crippen LogP contribution in [0.25, 0.3) is 11.4 Å². The van der Waals surface area contributed by atoms with Crippen LogP contribution in [0.2, 0.25) is 0 Å². The Hall–Kier alpha value is -1.72. The Labute approximate surface area is 125 Å². The predicted octanol–water partition coefficient (Wildman–Crippen LogP) is 2.22. The fraction of sp³-hybridized carbons (Fsp3) is 0.500. The Balaban J connectivity index is 1.69. The molecule has 1 saturated heterocycles. The van der Waals surface area contributed by atoms with Crippen LogP contribution >= 0.6 is 0 Å². The lowest BCUT2D eigenvalue weighted by atomic mass is 9.90. The topological polar surface area (TPSA) is 68.2 Å². The summed E-state index contributed by atoms with van der Waals surface area (Å²) in [5, 5.41) is 4.09. The molecule has 0 spiro atoms. The van der Waals surface area contributed by atoms with Gasteiger partial charge < -0.3 is 10.3 Å². The van der Waals surface area contributed by atoms with E-state index in [2.05, 4.69) is 41.0 Å². The molecule has 0 amide bonds. The van der Waals surface area contributed by atoms with E-state index in [4.69, 9.17) is 10.3 Å². The minimum absolute atomic E-state index is 0.222. The van der Waals surface area contributed by atoms with Crippen LogP contribution in [0, 0.1) is 12.3 Å².